The molecule has 22 heavy (non-hydrogen) atoms. The Labute approximate surface area is 135 Å². The summed E-state index contributed by atoms with van der Waals surface area (Å²) in [6.07, 6.45) is 8.31. The van der Waals surface area contributed by atoms with Crippen molar-refractivity contribution in [2.75, 3.05) is 0 Å². The number of aryl methyl sites for hydroxylation is 1. The Kier molecular flexibility index (Phi) is 2.48. The summed E-state index contributed by atoms with van der Waals surface area (Å²) in [4.78, 5) is 12.9. The molecule has 0 aliphatic heterocycles. The zero-order valence-electron chi connectivity index (χ0n) is 12.3. The van der Waals surface area contributed by atoms with Gasteiger partial charge in [0.1, 0.15) is 5.78 Å². The van der Waals surface area contributed by atoms with Gasteiger partial charge in [-0.1, -0.05) is 42.0 Å². The number of hydrogen-bond donors (Lipinski definition) is 0. The molecule has 3 unspecified atom stereocenters. The van der Waals surface area contributed by atoms with E-state index in [1.165, 1.54) is 16.5 Å². The van der Waals surface area contributed by atoms with E-state index in [0.717, 1.165) is 29.7 Å². The van der Waals surface area contributed by atoms with E-state index in [1.807, 2.05) is 12.1 Å². The van der Waals surface area contributed by atoms with E-state index in [-0.39, 0.29) is 5.41 Å². The normalized spacial score (nSPS) is 32.1. The molecule has 1 nitrogen and oxygen atoms in total. The maximum Gasteiger partial charge on any atom is 0.144 e. The fourth-order valence-electron chi connectivity index (χ4n) is 5.06. The topological polar surface area (TPSA) is 17.1 Å². The van der Waals surface area contributed by atoms with Gasteiger partial charge in [0.15, 0.2) is 0 Å². The number of carbonyl (C=O) groups excluding carboxylic acids is 1. The largest absolute Gasteiger partial charge is 0.299 e. The highest BCUT2D eigenvalue weighted by Crippen LogP contribution is 2.57. The average molecular weight is 309 g/mol. The number of fused-ring (bicyclic) bond motifs is 6. The minimum absolute atomic E-state index is 0.264. The van der Waals surface area contributed by atoms with Crippen molar-refractivity contribution >= 4 is 28.2 Å². The first-order chi connectivity index (χ1) is 10.7. The third-order valence-corrected chi connectivity index (χ3v) is 6.37. The van der Waals surface area contributed by atoms with Crippen LogP contribution < -0.4 is 0 Å². The molecule has 3 aliphatic carbocycles. The van der Waals surface area contributed by atoms with Gasteiger partial charge in [-0.15, -0.1) is 0 Å². The number of halogens is 1. The van der Waals surface area contributed by atoms with Gasteiger partial charge >= 0.3 is 0 Å². The van der Waals surface area contributed by atoms with Crippen LogP contribution in [0.25, 0.3) is 10.8 Å². The number of ketones is 1. The van der Waals surface area contributed by atoms with E-state index >= 15 is 0 Å². The fourth-order valence-corrected chi connectivity index (χ4v) is 5.30. The molecule has 1 spiro atoms. The first-order valence-corrected chi connectivity index (χ1v) is 8.49. The summed E-state index contributed by atoms with van der Waals surface area (Å²) in [7, 11) is 0. The predicted molar refractivity (Wildman–Crippen MR) is 89.3 cm³/mol. The Hall–Kier alpha value is -1.60. The lowest BCUT2D eigenvalue weighted by Crippen LogP contribution is -2.43. The van der Waals surface area contributed by atoms with Crippen LogP contribution in [-0.2, 0) is 16.6 Å². The van der Waals surface area contributed by atoms with Gasteiger partial charge < -0.3 is 0 Å². The molecule has 0 radical (unpaired) electrons. The third-order valence-electron chi connectivity index (χ3n) is 6.04. The van der Waals surface area contributed by atoms with Crippen molar-refractivity contribution in [1.82, 2.24) is 0 Å². The van der Waals surface area contributed by atoms with Crippen LogP contribution in [0, 0.1) is 11.8 Å². The molecule has 3 atom stereocenters. The Morgan fingerprint density at radius 3 is 2.82 bits per heavy atom. The smallest absolute Gasteiger partial charge is 0.144 e. The first-order valence-electron chi connectivity index (χ1n) is 8.12. The van der Waals surface area contributed by atoms with Gasteiger partial charge in [0.05, 0.1) is 5.41 Å². The highest BCUT2D eigenvalue weighted by atomic mass is 35.5. The van der Waals surface area contributed by atoms with E-state index in [9.17, 15) is 4.79 Å². The van der Waals surface area contributed by atoms with Crippen molar-refractivity contribution in [2.45, 2.75) is 31.1 Å². The minimum Gasteiger partial charge on any atom is -0.299 e. The molecule has 1 fully saturated rings. The number of hydrogen-bond acceptors (Lipinski definition) is 1. The minimum atomic E-state index is -0.264. The molecule has 0 aromatic heterocycles. The standard InChI is InChI=1S/C20H17ClO/c21-18-3-1-2-13-9-14-5-7-19(22)20(17(14)10-16(13)18)11-12-4-6-15(20)8-12/h1-4,6,9-10,12,15H,5,7-8,11H2. The van der Waals surface area contributed by atoms with Crippen LogP contribution in [0.1, 0.15) is 30.4 Å². The summed E-state index contributed by atoms with van der Waals surface area (Å²) in [6, 6.07) is 10.5. The highest BCUT2D eigenvalue weighted by Gasteiger charge is 2.55. The van der Waals surface area contributed by atoms with Crippen LogP contribution in [-0.4, -0.2) is 5.78 Å². The van der Waals surface area contributed by atoms with Crippen LogP contribution in [0.2, 0.25) is 5.02 Å². The summed E-state index contributed by atoms with van der Waals surface area (Å²) in [6.45, 7) is 0. The number of rotatable bonds is 0. The Morgan fingerprint density at radius 1 is 1.14 bits per heavy atom. The van der Waals surface area contributed by atoms with Crippen molar-refractivity contribution in [3.05, 3.63) is 58.6 Å². The zero-order valence-corrected chi connectivity index (χ0v) is 13.1. The number of allylic oxidation sites excluding steroid dienone is 2. The van der Waals surface area contributed by atoms with Gasteiger partial charge in [-0.25, -0.2) is 0 Å². The molecule has 0 amide bonds. The Morgan fingerprint density at radius 2 is 2.05 bits per heavy atom. The molecule has 0 heterocycles. The highest BCUT2D eigenvalue weighted by molar-refractivity contribution is 6.35. The van der Waals surface area contributed by atoms with Crippen LogP contribution >= 0.6 is 11.6 Å². The van der Waals surface area contributed by atoms with E-state index in [0.29, 0.717) is 24.0 Å². The molecule has 3 aliphatic rings. The molecular formula is C20H17ClO. The quantitative estimate of drug-likeness (QED) is 0.636. The molecule has 2 bridgehead atoms. The number of carbonyl (C=O) groups is 1. The average Bonchev–Trinajstić information content (AvgIpc) is 3.12. The maximum absolute atomic E-state index is 12.9. The second kappa shape index (κ2) is 4.23. The molecule has 110 valence electrons. The van der Waals surface area contributed by atoms with Crippen molar-refractivity contribution in [1.29, 1.82) is 0 Å². The van der Waals surface area contributed by atoms with E-state index in [2.05, 4.69) is 30.4 Å². The lowest BCUT2D eigenvalue weighted by molar-refractivity contribution is -0.126. The van der Waals surface area contributed by atoms with Gasteiger partial charge in [-0.2, -0.15) is 0 Å². The number of benzene rings is 2. The Bertz CT molecular complexity index is 850. The molecule has 2 aromatic carbocycles. The number of Topliss-reactive ketones (excluding diaryl/α,β-unsaturated/α-hetero) is 1. The van der Waals surface area contributed by atoms with Gasteiger partial charge in [-0.3, -0.25) is 4.79 Å². The monoisotopic (exact) mass is 308 g/mol. The lowest BCUT2D eigenvalue weighted by Gasteiger charge is -2.39. The van der Waals surface area contributed by atoms with Gasteiger partial charge in [0.2, 0.25) is 0 Å². The molecule has 2 heteroatoms. The molecule has 0 N–H and O–H groups in total. The molecule has 5 rings (SSSR count). The zero-order chi connectivity index (χ0) is 14.9. The van der Waals surface area contributed by atoms with Gasteiger partial charge in [0, 0.05) is 16.8 Å². The lowest BCUT2D eigenvalue weighted by atomic mass is 9.62. The molecule has 0 saturated heterocycles. The van der Waals surface area contributed by atoms with Crippen molar-refractivity contribution in [3.63, 3.8) is 0 Å². The van der Waals surface area contributed by atoms with E-state index in [4.69, 9.17) is 11.6 Å². The van der Waals surface area contributed by atoms with Gasteiger partial charge in [-0.05, 0) is 59.7 Å². The second-order valence-corrected chi connectivity index (χ2v) is 7.46. The summed E-state index contributed by atoms with van der Waals surface area (Å²) < 4.78 is 0. The van der Waals surface area contributed by atoms with E-state index < -0.39 is 0 Å². The molecular weight excluding hydrogens is 292 g/mol. The summed E-state index contributed by atoms with van der Waals surface area (Å²) >= 11 is 6.41. The third kappa shape index (κ3) is 1.48. The Balaban J connectivity index is 1.82. The van der Waals surface area contributed by atoms with Crippen molar-refractivity contribution < 1.29 is 4.79 Å². The maximum atomic E-state index is 12.9. The fraction of sp³-hybridized carbons (Fsp3) is 0.350. The van der Waals surface area contributed by atoms with Crippen LogP contribution in [0.5, 0.6) is 0 Å². The first kappa shape index (κ1) is 12.9. The summed E-state index contributed by atoms with van der Waals surface area (Å²) in [5.74, 6) is 1.43. The second-order valence-electron chi connectivity index (χ2n) is 7.06. The van der Waals surface area contributed by atoms with Crippen LogP contribution in [0.15, 0.2) is 42.5 Å². The summed E-state index contributed by atoms with van der Waals surface area (Å²) in [5, 5.41) is 3.06. The van der Waals surface area contributed by atoms with E-state index in [1.54, 1.807) is 0 Å². The van der Waals surface area contributed by atoms with Crippen LogP contribution in [0.3, 0.4) is 0 Å². The van der Waals surface area contributed by atoms with Crippen molar-refractivity contribution in [2.24, 2.45) is 11.8 Å². The summed E-state index contributed by atoms with van der Waals surface area (Å²) in [5.41, 5.74) is 2.36. The SMILES string of the molecule is O=C1CCc2cc3cccc(Cl)c3cc2C12CC1C=CC2C1. The van der Waals surface area contributed by atoms with Crippen molar-refractivity contribution in [3.8, 4) is 0 Å². The molecule has 2 aromatic rings. The van der Waals surface area contributed by atoms with Crippen LogP contribution in [0.4, 0.5) is 0 Å². The molecule has 1 saturated carbocycles. The van der Waals surface area contributed by atoms with Gasteiger partial charge in [0.25, 0.3) is 0 Å². The predicted octanol–water partition coefficient (Wildman–Crippen LogP) is 4.84.